The van der Waals surface area contributed by atoms with Crippen molar-refractivity contribution in [2.24, 2.45) is 5.92 Å². The maximum atomic E-state index is 6.22. The summed E-state index contributed by atoms with van der Waals surface area (Å²) < 4.78 is 5.24. The van der Waals surface area contributed by atoms with Gasteiger partial charge in [0.25, 0.3) is 0 Å². The van der Waals surface area contributed by atoms with E-state index in [9.17, 15) is 0 Å². The number of benzene rings is 1. The summed E-state index contributed by atoms with van der Waals surface area (Å²) in [4.78, 5) is 0. The fourth-order valence-corrected chi connectivity index (χ4v) is 2.93. The average Bonchev–Trinajstić information content (AvgIpc) is 2.41. The van der Waals surface area contributed by atoms with Gasteiger partial charge in [-0.3, -0.25) is 0 Å². The Labute approximate surface area is 115 Å². The lowest BCUT2D eigenvalue weighted by Gasteiger charge is -2.30. The number of hydrogen-bond donors (Lipinski definition) is 1. The van der Waals surface area contributed by atoms with Crippen molar-refractivity contribution in [2.45, 2.75) is 45.1 Å². The molecule has 3 heteroatoms. The summed E-state index contributed by atoms with van der Waals surface area (Å²) in [6.45, 7) is 2.28. The Kier molecular flexibility index (Phi) is 4.76. The summed E-state index contributed by atoms with van der Waals surface area (Å²) in [7, 11) is 1.68. The molecular weight excluding hydrogens is 246 g/mol. The van der Waals surface area contributed by atoms with Gasteiger partial charge >= 0.3 is 0 Å². The molecular formula is C15H22ClNO. The molecule has 2 rings (SSSR count). The van der Waals surface area contributed by atoms with E-state index in [4.69, 9.17) is 16.3 Å². The van der Waals surface area contributed by atoms with Crippen LogP contribution in [0.5, 0.6) is 5.75 Å². The van der Waals surface area contributed by atoms with Crippen molar-refractivity contribution < 1.29 is 4.74 Å². The largest absolute Gasteiger partial charge is 0.497 e. The molecule has 2 atom stereocenters. The van der Waals surface area contributed by atoms with E-state index in [2.05, 4.69) is 12.2 Å². The van der Waals surface area contributed by atoms with Gasteiger partial charge in [-0.1, -0.05) is 37.8 Å². The van der Waals surface area contributed by atoms with Crippen LogP contribution in [0.2, 0.25) is 5.02 Å². The first-order valence-corrected chi connectivity index (χ1v) is 7.20. The molecule has 0 aliphatic heterocycles. The van der Waals surface area contributed by atoms with E-state index >= 15 is 0 Å². The predicted molar refractivity (Wildman–Crippen MR) is 77.7 cm³/mol. The minimum absolute atomic E-state index is 0.549. The number of ether oxygens (including phenoxy) is 1. The van der Waals surface area contributed by atoms with Gasteiger partial charge in [0.15, 0.2) is 0 Å². The average molecular weight is 268 g/mol. The smallest absolute Gasteiger partial charge is 0.121 e. The van der Waals surface area contributed by atoms with Crippen molar-refractivity contribution in [1.82, 2.24) is 0 Å². The zero-order chi connectivity index (χ0) is 13.0. The summed E-state index contributed by atoms with van der Waals surface area (Å²) in [6, 6.07) is 6.32. The lowest BCUT2D eigenvalue weighted by Crippen LogP contribution is -2.27. The van der Waals surface area contributed by atoms with Crippen LogP contribution in [0.3, 0.4) is 0 Å². The quantitative estimate of drug-likeness (QED) is 0.852. The fraction of sp³-hybridized carbons (Fsp3) is 0.600. The van der Waals surface area contributed by atoms with Crippen molar-refractivity contribution >= 4 is 17.3 Å². The molecule has 0 spiro atoms. The molecule has 1 aliphatic carbocycles. The first kappa shape index (κ1) is 13.5. The molecule has 0 amide bonds. The lowest BCUT2D eigenvalue weighted by atomic mass is 9.84. The SMILES string of the molecule is CCC1CCCC(Nc2cc(OC)ccc2Cl)C1. The number of nitrogens with one attached hydrogen (secondary N) is 1. The highest BCUT2D eigenvalue weighted by Gasteiger charge is 2.21. The van der Waals surface area contributed by atoms with Crippen LogP contribution in [0.1, 0.15) is 39.0 Å². The van der Waals surface area contributed by atoms with E-state index in [0.717, 1.165) is 22.4 Å². The third-order valence-electron chi connectivity index (χ3n) is 3.89. The number of anilines is 1. The Morgan fingerprint density at radius 1 is 1.39 bits per heavy atom. The minimum atomic E-state index is 0.549. The zero-order valence-electron chi connectivity index (χ0n) is 11.2. The molecule has 0 heterocycles. The van der Waals surface area contributed by atoms with Crippen LogP contribution in [0.15, 0.2) is 18.2 Å². The molecule has 1 aromatic carbocycles. The van der Waals surface area contributed by atoms with Crippen LogP contribution >= 0.6 is 11.6 Å². The van der Waals surface area contributed by atoms with Gasteiger partial charge in [-0.15, -0.1) is 0 Å². The molecule has 0 aromatic heterocycles. The van der Waals surface area contributed by atoms with Crippen molar-refractivity contribution in [3.63, 3.8) is 0 Å². The zero-order valence-corrected chi connectivity index (χ0v) is 12.0. The van der Waals surface area contributed by atoms with Gasteiger partial charge in [0.2, 0.25) is 0 Å². The number of hydrogen-bond acceptors (Lipinski definition) is 2. The number of halogens is 1. The monoisotopic (exact) mass is 267 g/mol. The minimum Gasteiger partial charge on any atom is -0.497 e. The second kappa shape index (κ2) is 6.33. The van der Waals surface area contributed by atoms with Crippen LogP contribution in [0.4, 0.5) is 5.69 Å². The molecule has 1 N–H and O–H groups in total. The lowest BCUT2D eigenvalue weighted by molar-refractivity contribution is 0.327. The van der Waals surface area contributed by atoms with Gasteiger partial charge in [-0.25, -0.2) is 0 Å². The van der Waals surface area contributed by atoms with Crippen LogP contribution in [0, 0.1) is 5.92 Å². The third-order valence-corrected chi connectivity index (χ3v) is 4.22. The first-order valence-electron chi connectivity index (χ1n) is 6.83. The Bertz CT molecular complexity index is 394. The maximum absolute atomic E-state index is 6.22. The molecule has 18 heavy (non-hydrogen) atoms. The molecule has 2 unspecified atom stereocenters. The van der Waals surface area contributed by atoms with Gasteiger partial charge in [-0.2, -0.15) is 0 Å². The van der Waals surface area contributed by atoms with E-state index in [-0.39, 0.29) is 0 Å². The van der Waals surface area contributed by atoms with Crippen molar-refractivity contribution in [1.29, 1.82) is 0 Å². The molecule has 0 radical (unpaired) electrons. The molecule has 1 aromatic rings. The Morgan fingerprint density at radius 2 is 2.22 bits per heavy atom. The van der Waals surface area contributed by atoms with E-state index in [0.29, 0.717) is 6.04 Å². The van der Waals surface area contributed by atoms with Crippen molar-refractivity contribution in [3.05, 3.63) is 23.2 Å². The van der Waals surface area contributed by atoms with E-state index < -0.39 is 0 Å². The second-order valence-electron chi connectivity index (χ2n) is 5.13. The molecule has 1 fully saturated rings. The summed E-state index contributed by atoms with van der Waals surface area (Å²) in [6.07, 6.45) is 6.47. The molecule has 1 saturated carbocycles. The maximum Gasteiger partial charge on any atom is 0.121 e. The topological polar surface area (TPSA) is 21.3 Å². The summed E-state index contributed by atoms with van der Waals surface area (Å²) in [5.41, 5.74) is 0.998. The van der Waals surface area contributed by atoms with Crippen LogP contribution < -0.4 is 10.1 Å². The molecule has 0 saturated heterocycles. The highest BCUT2D eigenvalue weighted by Crippen LogP contribution is 2.32. The first-order chi connectivity index (χ1) is 8.72. The van der Waals surface area contributed by atoms with Crippen molar-refractivity contribution in [2.75, 3.05) is 12.4 Å². The molecule has 0 bridgehead atoms. The van der Waals surface area contributed by atoms with Crippen LogP contribution in [-0.4, -0.2) is 13.2 Å². The van der Waals surface area contributed by atoms with Gasteiger partial charge in [-0.05, 0) is 30.9 Å². The Balaban J connectivity index is 2.04. The van der Waals surface area contributed by atoms with Gasteiger partial charge in [0.05, 0.1) is 17.8 Å². The Morgan fingerprint density at radius 3 is 2.94 bits per heavy atom. The van der Waals surface area contributed by atoms with E-state index in [1.54, 1.807) is 7.11 Å². The highest BCUT2D eigenvalue weighted by molar-refractivity contribution is 6.33. The summed E-state index contributed by atoms with van der Waals surface area (Å²) >= 11 is 6.22. The number of rotatable bonds is 4. The summed E-state index contributed by atoms with van der Waals surface area (Å²) in [5, 5.41) is 4.35. The molecule has 2 nitrogen and oxygen atoms in total. The van der Waals surface area contributed by atoms with Gasteiger partial charge < -0.3 is 10.1 Å². The second-order valence-corrected chi connectivity index (χ2v) is 5.54. The Hall–Kier alpha value is -0.890. The standard InChI is InChI=1S/C15H22ClNO/c1-3-11-5-4-6-12(9-11)17-15-10-13(18-2)7-8-14(15)16/h7-8,10-12,17H,3-6,9H2,1-2H3. The molecule has 100 valence electrons. The van der Waals surface area contributed by atoms with Gasteiger partial charge in [0, 0.05) is 12.1 Å². The van der Waals surface area contributed by atoms with E-state index in [1.807, 2.05) is 18.2 Å². The molecule has 1 aliphatic rings. The third kappa shape index (κ3) is 3.32. The van der Waals surface area contributed by atoms with Gasteiger partial charge in [0.1, 0.15) is 5.75 Å². The predicted octanol–water partition coefficient (Wildman–Crippen LogP) is 4.73. The van der Waals surface area contributed by atoms with E-state index in [1.165, 1.54) is 32.1 Å². The normalized spacial score (nSPS) is 23.7. The van der Waals surface area contributed by atoms with Crippen LogP contribution in [0.25, 0.3) is 0 Å². The summed E-state index contributed by atoms with van der Waals surface area (Å²) in [5.74, 6) is 1.71. The number of methoxy groups -OCH3 is 1. The van der Waals surface area contributed by atoms with Crippen molar-refractivity contribution in [3.8, 4) is 5.75 Å². The van der Waals surface area contributed by atoms with Crippen LogP contribution in [-0.2, 0) is 0 Å². The highest BCUT2D eigenvalue weighted by atomic mass is 35.5. The fourth-order valence-electron chi connectivity index (χ4n) is 2.75.